The zero-order valence-corrected chi connectivity index (χ0v) is 17.3. The Morgan fingerprint density at radius 1 is 1.07 bits per heavy atom. The fourth-order valence-electron chi connectivity index (χ4n) is 4.03. The number of hydrogen-bond acceptors (Lipinski definition) is 5. The van der Waals surface area contributed by atoms with Crippen LogP contribution in [0.4, 0.5) is 5.69 Å². The molecule has 0 saturated carbocycles. The molecule has 1 saturated heterocycles. The number of piperidine rings is 1. The molecule has 0 radical (unpaired) electrons. The van der Waals surface area contributed by atoms with Crippen LogP contribution in [-0.4, -0.2) is 38.5 Å². The van der Waals surface area contributed by atoms with Gasteiger partial charge in [0.25, 0.3) is 0 Å². The van der Waals surface area contributed by atoms with Gasteiger partial charge in [-0.15, -0.1) is 0 Å². The van der Waals surface area contributed by atoms with Crippen LogP contribution in [0, 0.1) is 5.92 Å². The van der Waals surface area contributed by atoms with Crippen molar-refractivity contribution in [2.45, 2.75) is 32.2 Å². The highest BCUT2D eigenvalue weighted by molar-refractivity contribution is 5.79. The molecular formula is C24H28N2O4. The minimum Gasteiger partial charge on any atom is -0.490 e. The molecule has 0 unspecified atom stereocenters. The van der Waals surface area contributed by atoms with E-state index in [9.17, 15) is 9.59 Å². The zero-order chi connectivity index (χ0) is 20.9. The highest BCUT2D eigenvalue weighted by Crippen LogP contribution is 2.32. The van der Waals surface area contributed by atoms with E-state index in [-0.39, 0.29) is 17.9 Å². The van der Waals surface area contributed by atoms with Gasteiger partial charge in [-0.2, -0.15) is 0 Å². The minimum atomic E-state index is -0.0939. The molecule has 2 heterocycles. The zero-order valence-electron chi connectivity index (χ0n) is 17.3. The van der Waals surface area contributed by atoms with E-state index in [1.54, 1.807) is 0 Å². The lowest BCUT2D eigenvalue weighted by atomic mass is 9.94. The van der Waals surface area contributed by atoms with E-state index in [1.807, 2.05) is 49.4 Å². The lowest BCUT2D eigenvalue weighted by Crippen LogP contribution is -2.41. The van der Waals surface area contributed by atoms with Crippen LogP contribution in [0.25, 0.3) is 0 Å². The molecule has 1 atom stereocenters. The van der Waals surface area contributed by atoms with Crippen LogP contribution in [0.2, 0.25) is 0 Å². The fraction of sp³-hybridized carbons (Fsp3) is 0.417. The Balaban J connectivity index is 1.32. The van der Waals surface area contributed by atoms with E-state index in [0.29, 0.717) is 18.8 Å². The van der Waals surface area contributed by atoms with E-state index >= 15 is 0 Å². The number of amides is 1. The van der Waals surface area contributed by atoms with Gasteiger partial charge in [-0.3, -0.25) is 9.59 Å². The monoisotopic (exact) mass is 408 g/mol. The van der Waals surface area contributed by atoms with Crippen molar-refractivity contribution in [3.8, 4) is 11.5 Å². The van der Waals surface area contributed by atoms with Crippen molar-refractivity contribution in [2.24, 2.45) is 5.92 Å². The molecule has 0 bridgehead atoms. The second kappa shape index (κ2) is 9.20. The van der Waals surface area contributed by atoms with Crippen molar-refractivity contribution < 1.29 is 19.1 Å². The number of hydrogen-bond donors (Lipinski definition) is 1. The average molecular weight is 408 g/mol. The summed E-state index contributed by atoms with van der Waals surface area (Å²) in [4.78, 5) is 25.9. The summed E-state index contributed by atoms with van der Waals surface area (Å²) in [7, 11) is 0. The molecule has 1 fully saturated rings. The molecule has 2 aliphatic rings. The van der Waals surface area contributed by atoms with Gasteiger partial charge in [0.2, 0.25) is 5.91 Å². The van der Waals surface area contributed by atoms with Crippen molar-refractivity contribution in [3.05, 3.63) is 53.6 Å². The summed E-state index contributed by atoms with van der Waals surface area (Å²) in [5, 5.41) is 3.17. The van der Waals surface area contributed by atoms with E-state index < -0.39 is 0 Å². The van der Waals surface area contributed by atoms with Gasteiger partial charge in [0.05, 0.1) is 19.3 Å². The molecule has 0 aliphatic carbocycles. The summed E-state index contributed by atoms with van der Waals surface area (Å²) in [6.07, 6.45) is 3.35. The van der Waals surface area contributed by atoms with Gasteiger partial charge in [0, 0.05) is 36.7 Å². The quantitative estimate of drug-likeness (QED) is 0.763. The van der Waals surface area contributed by atoms with Crippen LogP contribution in [0.1, 0.15) is 48.1 Å². The second-order valence-electron chi connectivity index (χ2n) is 7.96. The lowest BCUT2D eigenvalue weighted by Gasteiger charge is -2.33. The second-order valence-corrected chi connectivity index (χ2v) is 7.96. The Bertz CT molecular complexity index is 889. The minimum absolute atomic E-state index is 0.0124. The third kappa shape index (κ3) is 4.58. The van der Waals surface area contributed by atoms with Crippen LogP contribution >= 0.6 is 0 Å². The summed E-state index contributed by atoms with van der Waals surface area (Å²) >= 11 is 0. The predicted molar refractivity (Wildman–Crippen MR) is 115 cm³/mol. The number of anilines is 1. The Kier molecular flexibility index (Phi) is 6.21. The molecule has 2 aromatic carbocycles. The van der Waals surface area contributed by atoms with Crippen LogP contribution < -0.4 is 19.7 Å². The highest BCUT2D eigenvalue weighted by atomic mass is 16.5. The third-order valence-corrected chi connectivity index (χ3v) is 5.89. The largest absolute Gasteiger partial charge is 0.490 e. The summed E-state index contributed by atoms with van der Waals surface area (Å²) in [6.45, 7) is 4.97. The Morgan fingerprint density at radius 2 is 1.77 bits per heavy atom. The number of rotatable bonds is 5. The first-order valence-corrected chi connectivity index (χ1v) is 10.6. The molecule has 2 aromatic rings. The Morgan fingerprint density at radius 3 is 2.47 bits per heavy atom. The molecule has 0 aromatic heterocycles. The molecule has 2 aliphatic heterocycles. The highest BCUT2D eigenvalue weighted by Gasteiger charge is 2.26. The summed E-state index contributed by atoms with van der Waals surface area (Å²) in [5.41, 5.74) is 2.79. The molecule has 0 spiro atoms. The number of carbonyl (C=O) groups is 2. The van der Waals surface area contributed by atoms with Crippen LogP contribution in [0.5, 0.6) is 11.5 Å². The van der Waals surface area contributed by atoms with E-state index in [4.69, 9.17) is 9.47 Å². The van der Waals surface area contributed by atoms with Gasteiger partial charge >= 0.3 is 0 Å². The van der Waals surface area contributed by atoms with Crippen LogP contribution in [0.15, 0.2) is 42.5 Å². The number of nitrogens with zero attached hydrogens (tertiary/aromatic N) is 1. The maximum atomic E-state index is 12.8. The van der Waals surface area contributed by atoms with Crippen LogP contribution in [-0.2, 0) is 4.79 Å². The van der Waals surface area contributed by atoms with E-state index in [1.165, 1.54) is 0 Å². The number of fused-ring (bicyclic) bond motifs is 1. The molecule has 4 rings (SSSR count). The van der Waals surface area contributed by atoms with Gasteiger partial charge in [-0.05, 0) is 61.7 Å². The first-order chi connectivity index (χ1) is 14.6. The number of nitrogens with one attached hydrogen (secondary N) is 1. The molecular weight excluding hydrogens is 380 g/mol. The number of ether oxygens (including phenoxy) is 2. The van der Waals surface area contributed by atoms with Gasteiger partial charge in [0.15, 0.2) is 11.5 Å². The molecule has 1 N–H and O–H groups in total. The van der Waals surface area contributed by atoms with E-state index in [0.717, 1.165) is 61.4 Å². The SMILES string of the molecule is C[C@H](NC(=O)C1CCN(c2ccc(C=O)cc2)CC1)c1ccc2c(c1)OCCCO2. The van der Waals surface area contributed by atoms with E-state index in [2.05, 4.69) is 10.2 Å². The first kappa shape index (κ1) is 20.3. The Labute approximate surface area is 177 Å². The Hall–Kier alpha value is -3.02. The molecule has 158 valence electrons. The maximum absolute atomic E-state index is 12.8. The smallest absolute Gasteiger partial charge is 0.223 e. The van der Waals surface area contributed by atoms with Gasteiger partial charge in [0.1, 0.15) is 6.29 Å². The van der Waals surface area contributed by atoms with Gasteiger partial charge in [-0.25, -0.2) is 0 Å². The third-order valence-electron chi connectivity index (χ3n) is 5.89. The average Bonchev–Trinajstić information content (AvgIpc) is 3.04. The van der Waals surface area contributed by atoms with Crippen LogP contribution in [0.3, 0.4) is 0 Å². The molecule has 6 heteroatoms. The molecule has 1 amide bonds. The van der Waals surface area contributed by atoms with Gasteiger partial charge < -0.3 is 19.7 Å². The van der Waals surface area contributed by atoms with Gasteiger partial charge in [-0.1, -0.05) is 6.07 Å². The summed E-state index contributed by atoms with van der Waals surface area (Å²) < 4.78 is 11.5. The van der Waals surface area contributed by atoms with Crippen molar-refractivity contribution in [3.63, 3.8) is 0 Å². The first-order valence-electron chi connectivity index (χ1n) is 10.6. The standard InChI is InChI=1S/C24H28N2O4/c1-17(20-5-8-22-23(15-20)30-14-2-13-29-22)25-24(28)19-9-11-26(12-10-19)21-6-3-18(16-27)4-7-21/h3-8,15-17,19H,2,9-14H2,1H3,(H,25,28)/t17-/m0/s1. The van der Waals surface area contributed by atoms with Crippen molar-refractivity contribution in [2.75, 3.05) is 31.2 Å². The topological polar surface area (TPSA) is 67.9 Å². The summed E-state index contributed by atoms with van der Waals surface area (Å²) in [5.74, 6) is 1.63. The molecule has 6 nitrogen and oxygen atoms in total. The maximum Gasteiger partial charge on any atom is 0.223 e. The molecule has 30 heavy (non-hydrogen) atoms. The number of aldehydes is 1. The lowest BCUT2D eigenvalue weighted by molar-refractivity contribution is -0.126. The van der Waals surface area contributed by atoms with Crippen molar-refractivity contribution >= 4 is 17.9 Å². The fourth-order valence-corrected chi connectivity index (χ4v) is 4.03. The predicted octanol–water partition coefficient (Wildman–Crippen LogP) is 3.75. The van der Waals surface area contributed by atoms with Crippen molar-refractivity contribution in [1.29, 1.82) is 0 Å². The number of carbonyl (C=O) groups excluding carboxylic acids is 2. The summed E-state index contributed by atoms with van der Waals surface area (Å²) in [6, 6.07) is 13.4. The number of benzene rings is 2. The normalized spacial score (nSPS) is 17.7. The van der Waals surface area contributed by atoms with Crippen molar-refractivity contribution in [1.82, 2.24) is 5.32 Å².